The summed E-state index contributed by atoms with van der Waals surface area (Å²) in [5.41, 5.74) is 0. The summed E-state index contributed by atoms with van der Waals surface area (Å²) in [5, 5.41) is 7.06. The maximum Gasteiger partial charge on any atom is 0.289 e. The van der Waals surface area contributed by atoms with Crippen molar-refractivity contribution in [2.45, 2.75) is 25.7 Å². The minimum absolute atomic E-state index is 0.116. The molecule has 1 aliphatic heterocycles. The molecule has 7 heteroatoms. The second kappa shape index (κ2) is 5.59. The average molecular weight is 290 g/mol. The van der Waals surface area contributed by atoms with E-state index < -0.39 is 0 Å². The summed E-state index contributed by atoms with van der Waals surface area (Å²) >= 11 is 0. The lowest BCUT2D eigenvalue weighted by molar-refractivity contribution is 0.0666. The molecule has 1 atom stereocenters. The number of ether oxygens (including phenoxy) is 1. The van der Waals surface area contributed by atoms with Crippen LogP contribution in [0.5, 0.6) is 5.95 Å². The van der Waals surface area contributed by atoms with Crippen LogP contribution in [0.2, 0.25) is 0 Å². The van der Waals surface area contributed by atoms with E-state index in [-0.39, 0.29) is 11.8 Å². The van der Waals surface area contributed by atoms with Gasteiger partial charge in [0.25, 0.3) is 11.9 Å². The summed E-state index contributed by atoms with van der Waals surface area (Å²) in [5.74, 6) is 2.28. The number of carbonyl (C=O) groups excluding carboxylic acids is 1. The molecule has 21 heavy (non-hydrogen) atoms. The molecule has 1 aliphatic rings. The van der Waals surface area contributed by atoms with Crippen molar-refractivity contribution in [2.75, 3.05) is 20.2 Å². The van der Waals surface area contributed by atoms with Crippen molar-refractivity contribution in [3.8, 4) is 5.95 Å². The van der Waals surface area contributed by atoms with Crippen molar-refractivity contribution < 1.29 is 13.9 Å². The van der Waals surface area contributed by atoms with Gasteiger partial charge in [-0.15, -0.1) is 0 Å². The number of methoxy groups -OCH3 is 1. The van der Waals surface area contributed by atoms with Gasteiger partial charge in [0.05, 0.1) is 7.11 Å². The second-order valence-electron chi connectivity index (χ2n) is 5.19. The largest absolute Gasteiger partial charge is 0.468 e. The zero-order chi connectivity index (χ0) is 14.8. The van der Waals surface area contributed by atoms with Gasteiger partial charge in [0.1, 0.15) is 5.82 Å². The number of piperidine rings is 1. The van der Waals surface area contributed by atoms with Crippen LogP contribution in [0.1, 0.15) is 41.0 Å². The summed E-state index contributed by atoms with van der Waals surface area (Å²) in [6, 6.07) is 3.29. The Hall–Kier alpha value is -2.31. The molecule has 1 saturated heterocycles. The Morgan fingerprint density at radius 2 is 2.38 bits per heavy atom. The fourth-order valence-corrected chi connectivity index (χ4v) is 2.62. The van der Waals surface area contributed by atoms with Crippen LogP contribution in [0.4, 0.5) is 0 Å². The molecule has 0 spiro atoms. The highest BCUT2D eigenvalue weighted by Gasteiger charge is 2.29. The number of likely N-dealkylation sites (tertiary alicyclic amines) is 1. The number of furan rings is 1. The maximum absolute atomic E-state index is 12.4. The number of nitrogens with one attached hydrogen (secondary N) is 1. The molecule has 112 valence electrons. The lowest BCUT2D eigenvalue weighted by Gasteiger charge is -2.30. The van der Waals surface area contributed by atoms with Crippen LogP contribution in [0.25, 0.3) is 0 Å². The first-order chi connectivity index (χ1) is 10.2. The van der Waals surface area contributed by atoms with Gasteiger partial charge in [-0.2, -0.15) is 5.10 Å². The van der Waals surface area contributed by atoms with Crippen LogP contribution in [-0.4, -0.2) is 46.2 Å². The Labute approximate surface area is 122 Å². The third-order valence-electron chi connectivity index (χ3n) is 3.68. The molecule has 3 rings (SSSR count). The van der Waals surface area contributed by atoms with E-state index in [9.17, 15) is 4.79 Å². The van der Waals surface area contributed by atoms with Crippen molar-refractivity contribution in [1.29, 1.82) is 0 Å². The van der Waals surface area contributed by atoms with Gasteiger partial charge in [-0.05, 0) is 25.8 Å². The highest BCUT2D eigenvalue weighted by Crippen LogP contribution is 2.26. The number of aromatic amines is 1. The van der Waals surface area contributed by atoms with E-state index in [1.807, 2.05) is 6.92 Å². The van der Waals surface area contributed by atoms with Gasteiger partial charge in [0.15, 0.2) is 11.6 Å². The molecule has 0 bridgehead atoms. The molecule has 1 N–H and O–H groups in total. The van der Waals surface area contributed by atoms with Crippen molar-refractivity contribution in [2.24, 2.45) is 0 Å². The molecular weight excluding hydrogens is 272 g/mol. The standard InChI is InChI=1S/C14H18N4O3/c1-9-15-13(17-16-9)10-4-3-7-18(8-10)14(19)11-5-6-12(20-2)21-11/h5-6,10H,3-4,7-8H2,1-2H3,(H,15,16,17)/t10-/m1/s1. The van der Waals surface area contributed by atoms with Crippen molar-refractivity contribution in [3.63, 3.8) is 0 Å². The number of amides is 1. The van der Waals surface area contributed by atoms with Gasteiger partial charge >= 0.3 is 0 Å². The number of aromatic nitrogens is 3. The fourth-order valence-electron chi connectivity index (χ4n) is 2.62. The monoisotopic (exact) mass is 290 g/mol. The predicted molar refractivity (Wildman–Crippen MR) is 74.3 cm³/mol. The smallest absolute Gasteiger partial charge is 0.289 e. The molecule has 3 heterocycles. The first-order valence-corrected chi connectivity index (χ1v) is 6.99. The zero-order valence-electron chi connectivity index (χ0n) is 12.1. The third kappa shape index (κ3) is 2.76. The number of hydrogen-bond acceptors (Lipinski definition) is 5. The van der Waals surface area contributed by atoms with Gasteiger partial charge in [-0.3, -0.25) is 9.89 Å². The molecule has 2 aromatic rings. The second-order valence-corrected chi connectivity index (χ2v) is 5.19. The van der Waals surface area contributed by atoms with Crippen LogP contribution in [0.15, 0.2) is 16.5 Å². The minimum atomic E-state index is -0.116. The van der Waals surface area contributed by atoms with Gasteiger partial charge in [-0.1, -0.05) is 0 Å². The topological polar surface area (TPSA) is 84.2 Å². The Bertz CT molecular complexity index is 634. The lowest BCUT2D eigenvalue weighted by atomic mass is 9.97. The molecule has 0 unspecified atom stereocenters. The van der Waals surface area contributed by atoms with E-state index in [0.29, 0.717) is 18.3 Å². The van der Waals surface area contributed by atoms with Crippen LogP contribution in [0, 0.1) is 6.92 Å². The molecule has 7 nitrogen and oxygen atoms in total. The van der Waals surface area contributed by atoms with Gasteiger partial charge in [-0.25, -0.2) is 4.98 Å². The Kier molecular flexibility index (Phi) is 3.64. The summed E-state index contributed by atoms with van der Waals surface area (Å²) < 4.78 is 10.3. The van der Waals surface area contributed by atoms with Crippen LogP contribution >= 0.6 is 0 Å². The Morgan fingerprint density at radius 3 is 3.05 bits per heavy atom. The SMILES string of the molecule is COc1ccc(C(=O)N2CCC[C@@H](c3n[nH]c(C)n3)C2)o1. The normalized spacial score (nSPS) is 18.8. The average Bonchev–Trinajstić information content (AvgIpc) is 3.15. The Morgan fingerprint density at radius 1 is 1.52 bits per heavy atom. The van der Waals surface area contributed by atoms with Crippen LogP contribution in [-0.2, 0) is 0 Å². The highest BCUT2D eigenvalue weighted by atomic mass is 16.6. The first-order valence-electron chi connectivity index (χ1n) is 6.99. The molecule has 0 saturated carbocycles. The summed E-state index contributed by atoms with van der Waals surface area (Å²) in [6.45, 7) is 3.21. The quantitative estimate of drug-likeness (QED) is 0.930. The maximum atomic E-state index is 12.4. The van der Waals surface area contributed by atoms with E-state index in [4.69, 9.17) is 9.15 Å². The van der Waals surface area contributed by atoms with Crippen LogP contribution in [0.3, 0.4) is 0 Å². The van der Waals surface area contributed by atoms with Crippen molar-refractivity contribution in [3.05, 3.63) is 29.5 Å². The number of hydrogen-bond donors (Lipinski definition) is 1. The molecule has 1 fully saturated rings. The molecule has 0 radical (unpaired) electrons. The van der Waals surface area contributed by atoms with E-state index in [0.717, 1.165) is 31.0 Å². The molecule has 2 aromatic heterocycles. The number of rotatable bonds is 3. The van der Waals surface area contributed by atoms with Crippen molar-refractivity contribution >= 4 is 5.91 Å². The van der Waals surface area contributed by atoms with E-state index in [1.165, 1.54) is 7.11 Å². The first kappa shape index (κ1) is 13.7. The summed E-state index contributed by atoms with van der Waals surface area (Å²) in [4.78, 5) is 18.6. The predicted octanol–water partition coefficient (Wildman–Crippen LogP) is 1.73. The Balaban J connectivity index is 1.72. The lowest BCUT2D eigenvalue weighted by Crippen LogP contribution is -2.39. The minimum Gasteiger partial charge on any atom is -0.468 e. The van der Waals surface area contributed by atoms with E-state index in [1.54, 1.807) is 17.0 Å². The number of nitrogens with zero attached hydrogens (tertiary/aromatic N) is 3. The number of H-pyrrole nitrogens is 1. The van der Waals surface area contributed by atoms with Gasteiger partial charge in [0.2, 0.25) is 0 Å². The van der Waals surface area contributed by atoms with Gasteiger partial charge < -0.3 is 14.1 Å². The van der Waals surface area contributed by atoms with E-state index >= 15 is 0 Å². The van der Waals surface area contributed by atoms with Gasteiger partial charge in [0, 0.05) is 25.1 Å². The summed E-state index contributed by atoms with van der Waals surface area (Å²) in [6.07, 6.45) is 1.92. The third-order valence-corrected chi connectivity index (χ3v) is 3.68. The van der Waals surface area contributed by atoms with E-state index in [2.05, 4.69) is 15.2 Å². The van der Waals surface area contributed by atoms with Crippen molar-refractivity contribution in [1.82, 2.24) is 20.1 Å². The number of carbonyl (C=O) groups is 1. The molecule has 1 amide bonds. The molecular formula is C14H18N4O3. The zero-order valence-corrected chi connectivity index (χ0v) is 12.1. The molecule has 0 aromatic carbocycles. The number of aryl methyl sites for hydroxylation is 1. The fraction of sp³-hybridized carbons (Fsp3) is 0.500. The highest BCUT2D eigenvalue weighted by molar-refractivity contribution is 5.91. The summed E-state index contributed by atoms with van der Waals surface area (Å²) in [7, 11) is 1.51. The van der Waals surface area contributed by atoms with Crippen LogP contribution < -0.4 is 4.74 Å². The molecule has 0 aliphatic carbocycles.